The number of nitrogens with two attached hydrogens (primary N) is 2. The standard InChI is InChI=1S/2C10H17N3S/c2*1-2-5-12-7-3-4-8-9(6-7)14-10(11)13-8/h2*7,12H,2-6H2,1H3,(H2,11,13)/t7-;/m0./s1. The monoisotopic (exact) mass is 422 g/mol. The van der Waals surface area contributed by atoms with Crippen LogP contribution in [0.15, 0.2) is 0 Å². The highest BCUT2D eigenvalue weighted by Gasteiger charge is 2.22. The Morgan fingerprint density at radius 1 is 0.821 bits per heavy atom. The maximum absolute atomic E-state index is 5.69. The van der Waals surface area contributed by atoms with Gasteiger partial charge in [-0.2, -0.15) is 0 Å². The number of thiazole rings is 2. The molecule has 0 spiro atoms. The first-order chi connectivity index (χ1) is 13.6. The zero-order valence-corrected chi connectivity index (χ0v) is 18.7. The van der Waals surface area contributed by atoms with Gasteiger partial charge in [0.05, 0.1) is 11.4 Å². The van der Waals surface area contributed by atoms with Crippen LogP contribution in [0.3, 0.4) is 0 Å². The first-order valence-corrected chi connectivity index (χ1v) is 12.2. The average molecular weight is 423 g/mol. The van der Waals surface area contributed by atoms with Crippen molar-refractivity contribution in [2.45, 2.75) is 77.3 Å². The van der Waals surface area contributed by atoms with Crippen LogP contribution in [-0.4, -0.2) is 35.1 Å². The van der Waals surface area contributed by atoms with Gasteiger partial charge in [-0.05, 0) is 64.5 Å². The molecule has 0 radical (unpaired) electrons. The van der Waals surface area contributed by atoms with Gasteiger partial charge in [-0.25, -0.2) is 9.97 Å². The van der Waals surface area contributed by atoms with Gasteiger partial charge in [0.1, 0.15) is 0 Å². The molecule has 2 aromatic heterocycles. The molecule has 2 aromatic rings. The molecule has 6 N–H and O–H groups in total. The van der Waals surface area contributed by atoms with Crippen LogP contribution < -0.4 is 22.1 Å². The topological polar surface area (TPSA) is 102 Å². The largest absolute Gasteiger partial charge is 0.375 e. The van der Waals surface area contributed by atoms with E-state index in [-0.39, 0.29) is 0 Å². The van der Waals surface area contributed by atoms with E-state index in [1.54, 1.807) is 22.7 Å². The molecule has 156 valence electrons. The minimum Gasteiger partial charge on any atom is -0.375 e. The summed E-state index contributed by atoms with van der Waals surface area (Å²) in [7, 11) is 0. The average Bonchev–Trinajstić information content (AvgIpc) is 3.24. The molecule has 2 aliphatic rings. The lowest BCUT2D eigenvalue weighted by Crippen LogP contribution is -2.34. The van der Waals surface area contributed by atoms with E-state index in [4.69, 9.17) is 11.5 Å². The first-order valence-electron chi connectivity index (χ1n) is 10.5. The first kappa shape index (κ1) is 21.5. The Labute approximate surface area is 176 Å². The summed E-state index contributed by atoms with van der Waals surface area (Å²) in [5.41, 5.74) is 13.9. The van der Waals surface area contributed by atoms with Gasteiger partial charge in [0.15, 0.2) is 10.3 Å². The van der Waals surface area contributed by atoms with Crippen LogP contribution in [0, 0.1) is 0 Å². The summed E-state index contributed by atoms with van der Waals surface area (Å²) in [5.74, 6) is 0. The van der Waals surface area contributed by atoms with Crippen LogP contribution in [0.5, 0.6) is 0 Å². The molecular formula is C20H34N6S2. The fourth-order valence-electron chi connectivity index (χ4n) is 3.84. The zero-order chi connectivity index (χ0) is 19.9. The highest BCUT2D eigenvalue weighted by Crippen LogP contribution is 2.28. The summed E-state index contributed by atoms with van der Waals surface area (Å²) < 4.78 is 0. The summed E-state index contributed by atoms with van der Waals surface area (Å²) in [6.45, 7) is 6.64. The van der Waals surface area contributed by atoms with Gasteiger partial charge in [0, 0.05) is 21.8 Å². The number of nitrogens with zero attached hydrogens (tertiary/aromatic N) is 2. The molecule has 0 amide bonds. The Bertz CT molecular complexity index is 679. The van der Waals surface area contributed by atoms with Gasteiger partial charge in [-0.1, -0.05) is 13.8 Å². The van der Waals surface area contributed by atoms with Crippen molar-refractivity contribution in [1.82, 2.24) is 20.6 Å². The molecular weight excluding hydrogens is 388 g/mol. The van der Waals surface area contributed by atoms with E-state index in [2.05, 4.69) is 34.4 Å². The Morgan fingerprint density at radius 3 is 1.64 bits per heavy atom. The molecule has 1 unspecified atom stereocenters. The van der Waals surface area contributed by atoms with Gasteiger partial charge in [-0.15, -0.1) is 22.7 Å². The molecule has 0 saturated carbocycles. The number of fused-ring (bicyclic) bond motifs is 2. The van der Waals surface area contributed by atoms with Crippen molar-refractivity contribution in [3.8, 4) is 0 Å². The van der Waals surface area contributed by atoms with Crippen molar-refractivity contribution in [2.24, 2.45) is 0 Å². The second kappa shape index (κ2) is 10.5. The lowest BCUT2D eigenvalue weighted by atomic mass is 9.98. The Kier molecular flexibility index (Phi) is 8.08. The molecule has 0 aromatic carbocycles. The van der Waals surface area contributed by atoms with Crippen LogP contribution in [0.1, 0.15) is 60.7 Å². The van der Waals surface area contributed by atoms with Crippen LogP contribution in [0.25, 0.3) is 0 Å². The molecule has 0 fully saturated rings. The van der Waals surface area contributed by atoms with Crippen LogP contribution in [0.4, 0.5) is 10.3 Å². The van der Waals surface area contributed by atoms with Gasteiger partial charge in [-0.3, -0.25) is 0 Å². The van der Waals surface area contributed by atoms with E-state index in [9.17, 15) is 0 Å². The van der Waals surface area contributed by atoms with Crippen molar-refractivity contribution in [1.29, 1.82) is 0 Å². The molecule has 2 heterocycles. The van der Waals surface area contributed by atoms with Gasteiger partial charge >= 0.3 is 0 Å². The number of nitrogen functional groups attached to an aromatic ring is 2. The number of hydrogen-bond acceptors (Lipinski definition) is 8. The second-order valence-electron chi connectivity index (χ2n) is 7.63. The molecule has 8 heteroatoms. The van der Waals surface area contributed by atoms with Crippen molar-refractivity contribution in [3.05, 3.63) is 21.1 Å². The molecule has 0 saturated heterocycles. The maximum atomic E-state index is 5.69. The maximum Gasteiger partial charge on any atom is 0.180 e. The Morgan fingerprint density at radius 2 is 1.25 bits per heavy atom. The predicted molar refractivity (Wildman–Crippen MR) is 121 cm³/mol. The van der Waals surface area contributed by atoms with Crippen LogP contribution >= 0.6 is 22.7 Å². The smallest absolute Gasteiger partial charge is 0.180 e. The third kappa shape index (κ3) is 5.89. The predicted octanol–water partition coefficient (Wildman–Crippen LogP) is 3.16. The van der Waals surface area contributed by atoms with Crippen molar-refractivity contribution >= 4 is 32.9 Å². The van der Waals surface area contributed by atoms with Crippen molar-refractivity contribution in [3.63, 3.8) is 0 Å². The lowest BCUT2D eigenvalue weighted by molar-refractivity contribution is 0.460. The summed E-state index contributed by atoms with van der Waals surface area (Å²) in [4.78, 5) is 11.5. The fourth-order valence-corrected chi connectivity index (χ4v) is 5.75. The van der Waals surface area contributed by atoms with Crippen LogP contribution in [-0.2, 0) is 25.7 Å². The molecule has 2 atom stereocenters. The Hall–Kier alpha value is -1.22. The third-order valence-electron chi connectivity index (χ3n) is 5.28. The summed E-state index contributed by atoms with van der Waals surface area (Å²) in [6, 6.07) is 1.28. The zero-order valence-electron chi connectivity index (χ0n) is 17.1. The highest BCUT2D eigenvalue weighted by molar-refractivity contribution is 7.15. The molecule has 28 heavy (non-hydrogen) atoms. The molecule has 6 nitrogen and oxygen atoms in total. The molecule has 0 bridgehead atoms. The highest BCUT2D eigenvalue weighted by atomic mass is 32.1. The van der Waals surface area contributed by atoms with E-state index in [0.717, 1.165) is 49.0 Å². The SMILES string of the molecule is CCCNC1CCc2nc(N)sc2C1.CCCN[C@H]1CCc2nc(N)sc2C1. The summed E-state index contributed by atoms with van der Waals surface area (Å²) in [5, 5.41) is 8.57. The normalized spacial score (nSPS) is 20.8. The second-order valence-corrected chi connectivity index (χ2v) is 9.86. The van der Waals surface area contributed by atoms with E-state index in [1.807, 2.05) is 0 Å². The lowest BCUT2D eigenvalue weighted by Gasteiger charge is -2.21. The van der Waals surface area contributed by atoms with E-state index < -0.39 is 0 Å². The van der Waals surface area contributed by atoms with Crippen molar-refractivity contribution in [2.75, 3.05) is 24.6 Å². The fraction of sp³-hybridized carbons (Fsp3) is 0.700. The van der Waals surface area contributed by atoms with E-state index in [1.165, 1.54) is 46.8 Å². The number of anilines is 2. The van der Waals surface area contributed by atoms with Crippen molar-refractivity contribution < 1.29 is 0 Å². The van der Waals surface area contributed by atoms with Crippen LogP contribution in [0.2, 0.25) is 0 Å². The number of nitrogens with one attached hydrogen (secondary N) is 2. The number of hydrogen-bond donors (Lipinski definition) is 4. The summed E-state index contributed by atoms with van der Waals surface area (Å²) in [6.07, 6.45) is 9.22. The quantitative estimate of drug-likeness (QED) is 0.570. The van der Waals surface area contributed by atoms with Gasteiger partial charge in [0.2, 0.25) is 0 Å². The summed E-state index contributed by atoms with van der Waals surface area (Å²) >= 11 is 3.31. The Balaban J connectivity index is 0.000000161. The molecule has 0 aliphatic heterocycles. The van der Waals surface area contributed by atoms with E-state index >= 15 is 0 Å². The van der Waals surface area contributed by atoms with E-state index in [0.29, 0.717) is 12.1 Å². The number of aryl methyl sites for hydroxylation is 2. The third-order valence-corrected chi connectivity index (χ3v) is 7.18. The van der Waals surface area contributed by atoms with Gasteiger partial charge in [0.25, 0.3) is 0 Å². The number of rotatable bonds is 6. The van der Waals surface area contributed by atoms with Gasteiger partial charge < -0.3 is 22.1 Å². The minimum absolute atomic E-state index is 0.641. The minimum atomic E-state index is 0.641. The molecule has 2 aliphatic carbocycles. The molecule has 4 rings (SSSR count). The number of aromatic nitrogens is 2.